The van der Waals surface area contributed by atoms with Crippen molar-refractivity contribution in [2.45, 2.75) is 37.7 Å². The number of aromatic nitrogens is 3. The molecule has 0 saturated heterocycles. The van der Waals surface area contributed by atoms with E-state index in [1.165, 1.54) is 11.1 Å². The number of carbonyl (C=O) groups excluding carboxylic acids is 1. The molecule has 0 saturated carbocycles. The van der Waals surface area contributed by atoms with Gasteiger partial charge in [-0.15, -0.1) is 10.2 Å². The van der Waals surface area contributed by atoms with Crippen molar-refractivity contribution >= 4 is 29.3 Å². The lowest BCUT2D eigenvalue weighted by Gasteiger charge is -2.18. The topological polar surface area (TPSA) is 78.3 Å². The molecule has 4 rings (SSSR count). The van der Waals surface area contributed by atoms with E-state index in [0.717, 1.165) is 17.0 Å². The van der Waals surface area contributed by atoms with Crippen molar-refractivity contribution in [1.29, 1.82) is 0 Å². The number of benzene rings is 3. The first-order valence-electron chi connectivity index (χ1n) is 11.7. The van der Waals surface area contributed by atoms with E-state index in [1.54, 1.807) is 44.2 Å². The predicted molar refractivity (Wildman–Crippen MR) is 147 cm³/mol. The van der Waals surface area contributed by atoms with Crippen molar-refractivity contribution in [2.24, 2.45) is 0 Å². The Bertz CT molecular complexity index is 1400. The van der Waals surface area contributed by atoms with Crippen LogP contribution in [0.1, 0.15) is 45.8 Å². The van der Waals surface area contributed by atoms with Gasteiger partial charge < -0.3 is 14.8 Å². The first-order valence-corrected chi connectivity index (χ1v) is 13.1. The number of amides is 1. The van der Waals surface area contributed by atoms with Crippen LogP contribution in [0.4, 0.5) is 0 Å². The minimum Gasteiger partial charge on any atom is -0.497 e. The Labute approximate surface area is 226 Å². The van der Waals surface area contributed by atoms with E-state index >= 15 is 0 Å². The number of hydrogen-bond donors (Lipinski definition) is 1. The fourth-order valence-corrected chi connectivity index (χ4v) is 5.00. The van der Waals surface area contributed by atoms with Crippen molar-refractivity contribution in [3.05, 3.63) is 93.8 Å². The zero-order chi connectivity index (χ0) is 26.5. The molecule has 1 amide bonds. The maximum Gasteiger partial charge on any atom is 0.252 e. The van der Waals surface area contributed by atoms with Gasteiger partial charge in [0.2, 0.25) is 0 Å². The molecule has 0 fully saturated rings. The fraction of sp³-hybridized carbons (Fsp3) is 0.250. The van der Waals surface area contributed by atoms with Crippen molar-refractivity contribution in [3.63, 3.8) is 0 Å². The third-order valence-electron chi connectivity index (χ3n) is 5.87. The molecule has 1 aromatic heterocycles. The van der Waals surface area contributed by atoms with Crippen LogP contribution in [0.15, 0.2) is 65.8 Å². The van der Waals surface area contributed by atoms with E-state index < -0.39 is 6.04 Å². The Morgan fingerprint density at radius 2 is 1.76 bits per heavy atom. The largest absolute Gasteiger partial charge is 0.497 e. The van der Waals surface area contributed by atoms with Gasteiger partial charge in [0.05, 0.1) is 25.9 Å². The van der Waals surface area contributed by atoms with Gasteiger partial charge in [-0.1, -0.05) is 59.3 Å². The molecule has 0 spiro atoms. The van der Waals surface area contributed by atoms with Gasteiger partial charge in [0, 0.05) is 22.4 Å². The number of hydrogen-bond acceptors (Lipinski definition) is 6. The third-order valence-corrected chi connectivity index (χ3v) is 7.10. The molecule has 0 aliphatic heterocycles. The average molecular weight is 537 g/mol. The Morgan fingerprint density at radius 3 is 2.43 bits per heavy atom. The first-order chi connectivity index (χ1) is 17.8. The van der Waals surface area contributed by atoms with E-state index in [0.29, 0.717) is 33.1 Å². The monoisotopic (exact) mass is 536 g/mol. The van der Waals surface area contributed by atoms with E-state index in [1.807, 2.05) is 42.7 Å². The Balaban J connectivity index is 1.67. The molecular weight excluding hydrogens is 508 g/mol. The molecule has 1 atom stereocenters. The van der Waals surface area contributed by atoms with Gasteiger partial charge in [0.1, 0.15) is 11.5 Å². The van der Waals surface area contributed by atoms with Crippen LogP contribution < -0.4 is 14.8 Å². The van der Waals surface area contributed by atoms with Crippen LogP contribution in [0.2, 0.25) is 5.02 Å². The Hall–Kier alpha value is -3.49. The molecule has 9 heteroatoms. The molecule has 1 unspecified atom stereocenters. The number of methoxy groups -OCH3 is 2. The fourth-order valence-electron chi connectivity index (χ4n) is 3.94. The van der Waals surface area contributed by atoms with Gasteiger partial charge in [0.15, 0.2) is 11.0 Å². The van der Waals surface area contributed by atoms with Crippen molar-refractivity contribution in [3.8, 4) is 17.2 Å². The van der Waals surface area contributed by atoms with E-state index in [4.69, 9.17) is 21.1 Å². The number of nitrogens with one attached hydrogen (secondary N) is 1. The van der Waals surface area contributed by atoms with E-state index in [9.17, 15) is 4.79 Å². The zero-order valence-electron chi connectivity index (χ0n) is 21.4. The number of halogens is 1. The van der Waals surface area contributed by atoms with Crippen LogP contribution in [0.3, 0.4) is 0 Å². The highest BCUT2D eigenvalue weighted by Crippen LogP contribution is 2.31. The first kappa shape index (κ1) is 26.6. The lowest BCUT2D eigenvalue weighted by Crippen LogP contribution is -2.28. The van der Waals surface area contributed by atoms with Gasteiger partial charge in [-0.25, -0.2) is 0 Å². The van der Waals surface area contributed by atoms with Crippen LogP contribution in [0, 0.1) is 13.8 Å². The van der Waals surface area contributed by atoms with Gasteiger partial charge in [-0.3, -0.25) is 9.36 Å². The van der Waals surface area contributed by atoms with E-state index in [2.05, 4.69) is 40.6 Å². The smallest absolute Gasteiger partial charge is 0.252 e. The minimum absolute atomic E-state index is 0.281. The summed E-state index contributed by atoms with van der Waals surface area (Å²) in [7, 11) is 3.09. The summed E-state index contributed by atoms with van der Waals surface area (Å²) in [5.41, 5.74) is 4.69. The van der Waals surface area contributed by atoms with Crippen LogP contribution >= 0.6 is 23.4 Å². The van der Waals surface area contributed by atoms with Crippen LogP contribution in [-0.2, 0) is 5.75 Å². The van der Waals surface area contributed by atoms with Gasteiger partial charge in [-0.2, -0.15) is 0 Å². The van der Waals surface area contributed by atoms with Gasteiger partial charge in [-0.05, 0) is 56.2 Å². The minimum atomic E-state index is -0.455. The number of rotatable bonds is 9. The van der Waals surface area contributed by atoms with Crippen LogP contribution in [0.25, 0.3) is 5.69 Å². The summed E-state index contributed by atoms with van der Waals surface area (Å²) in [6, 6.07) is 18.7. The summed E-state index contributed by atoms with van der Waals surface area (Å²) in [5.74, 6) is 2.11. The molecule has 1 heterocycles. The maximum atomic E-state index is 13.2. The number of ether oxygens (including phenoxy) is 2. The molecule has 37 heavy (non-hydrogen) atoms. The van der Waals surface area contributed by atoms with E-state index in [-0.39, 0.29) is 5.91 Å². The predicted octanol–water partition coefficient (Wildman–Crippen LogP) is 6.34. The highest BCUT2D eigenvalue weighted by atomic mass is 35.5. The van der Waals surface area contributed by atoms with Gasteiger partial charge in [0.25, 0.3) is 5.91 Å². The number of aryl methyl sites for hydroxylation is 2. The molecule has 1 N–H and O–H groups in total. The highest BCUT2D eigenvalue weighted by molar-refractivity contribution is 7.98. The quantitative estimate of drug-likeness (QED) is 0.251. The maximum absolute atomic E-state index is 13.2. The van der Waals surface area contributed by atoms with Crippen LogP contribution in [0.5, 0.6) is 11.5 Å². The highest BCUT2D eigenvalue weighted by Gasteiger charge is 2.23. The molecule has 192 valence electrons. The van der Waals surface area contributed by atoms with Crippen LogP contribution in [-0.4, -0.2) is 34.9 Å². The average Bonchev–Trinajstić information content (AvgIpc) is 3.32. The van der Waals surface area contributed by atoms with Gasteiger partial charge >= 0.3 is 0 Å². The second-order valence-electron chi connectivity index (χ2n) is 8.68. The summed E-state index contributed by atoms with van der Waals surface area (Å²) in [6.45, 7) is 5.97. The molecule has 4 aromatic rings. The standard InChI is InChI=1S/C28H29ClN4O3S/c1-17-7-6-8-20(11-17)16-37-28-32-31-26(33(28)25-14-22(29)10-9-18(25)2)19(3)30-27(34)21-12-23(35-4)15-24(13-21)36-5/h6-15,19H,16H2,1-5H3,(H,30,34). The normalized spacial score (nSPS) is 11.7. The summed E-state index contributed by atoms with van der Waals surface area (Å²) in [4.78, 5) is 13.2. The lowest BCUT2D eigenvalue weighted by molar-refractivity contribution is 0.0937. The van der Waals surface area contributed by atoms with Crippen molar-refractivity contribution < 1.29 is 14.3 Å². The summed E-state index contributed by atoms with van der Waals surface area (Å²) >= 11 is 7.96. The summed E-state index contributed by atoms with van der Waals surface area (Å²) < 4.78 is 12.6. The lowest BCUT2D eigenvalue weighted by atomic mass is 10.1. The third kappa shape index (κ3) is 6.26. The molecule has 0 bridgehead atoms. The summed E-state index contributed by atoms with van der Waals surface area (Å²) in [6.07, 6.45) is 0. The van der Waals surface area contributed by atoms with Crippen molar-refractivity contribution in [2.75, 3.05) is 14.2 Å². The molecule has 0 aliphatic carbocycles. The Kier molecular flexibility index (Phi) is 8.41. The SMILES string of the molecule is COc1cc(OC)cc(C(=O)NC(C)c2nnc(SCc3cccc(C)c3)n2-c2cc(Cl)ccc2C)c1. The second kappa shape index (κ2) is 11.7. The molecule has 7 nitrogen and oxygen atoms in total. The molecule has 3 aromatic carbocycles. The molecular formula is C28H29ClN4O3S. The number of thioether (sulfide) groups is 1. The Morgan fingerprint density at radius 1 is 1.03 bits per heavy atom. The second-order valence-corrected chi connectivity index (χ2v) is 10.1. The molecule has 0 aliphatic rings. The summed E-state index contributed by atoms with van der Waals surface area (Å²) in [5, 5.41) is 13.3. The zero-order valence-corrected chi connectivity index (χ0v) is 23.0. The number of nitrogens with zero attached hydrogens (tertiary/aromatic N) is 3. The van der Waals surface area contributed by atoms with Crippen molar-refractivity contribution in [1.82, 2.24) is 20.1 Å². The number of carbonyl (C=O) groups is 1. The molecule has 0 radical (unpaired) electrons.